The van der Waals surface area contributed by atoms with Crippen molar-refractivity contribution in [2.45, 2.75) is 22.4 Å². The summed E-state index contributed by atoms with van der Waals surface area (Å²) in [6.45, 7) is 2.11. The summed E-state index contributed by atoms with van der Waals surface area (Å²) in [6, 6.07) is 1.89. The molecule has 1 rings (SSSR count). The first-order valence-corrected chi connectivity index (χ1v) is 6.68. The molecule has 0 aliphatic heterocycles. The molecule has 1 unspecified atom stereocenters. The number of aliphatic hydroxyl groups is 1. The Labute approximate surface area is 98.3 Å². The van der Waals surface area contributed by atoms with Crippen LogP contribution in [0, 0.1) is 0 Å². The maximum Gasteiger partial charge on any atom is 0.190 e. The van der Waals surface area contributed by atoms with Gasteiger partial charge in [-0.05, 0) is 6.26 Å². The van der Waals surface area contributed by atoms with Crippen LogP contribution in [0.3, 0.4) is 0 Å². The Hall–Kier alpha value is -0.460. The van der Waals surface area contributed by atoms with Gasteiger partial charge in [0.1, 0.15) is 10.8 Å². The Morgan fingerprint density at radius 2 is 2.27 bits per heavy atom. The summed E-state index contributed by atoms with van der Waals surface area (Å²) in [4.78, 5) is 8.62. The van der Waals surface area contributed by atoms with Crippen LogP contribution in [-0.4, -0.2) is 40.2 Å². The molecule has 0 saturated carbocycles. The lowest BCUT2D eigenvalue weighted by Gasteiger charge is -2.09. The molecule has 1 atom stereocenters. The number of rotatable bonds is 5. The van der Waals surface area contributed by atoms with Gasteiger partial charge in [-0.1, -0.05) is 18.7 Å². The zero-order chi connectivity index (χ0) is 11.3. The third-order valence-electron chi connectivity index (χ3n) is 1.70. The van der Waals surface area contributed by atoms with Crippen LogP contribution >= 0.6 is 23.5 Å². The third-order valence-corrected chi connectivity index (χ3v) is 3.25. The molecule has 84 valence electrons. The lowest BCUT2D eigenvalue weighted by Crippen LogP contribution is -2.04. The van der Waals surface area contributed by atoms with Crippen molar-refractivity contribution in [2.75, 3.05) is 25.2 Å². The molecule has 0 saturated heterocycles. The molecule has 0 radical (unpaired) electrons. The highest BCUT2D eigenvalue weighted by Crippen LogP contribution is 2.24. The quantitative estimate of drug-likeness (QED) is 0.468. The SMILES string of the molecule is CNc1cc(SC(C)CO)nc(SC)n1. The predicted octanol–water partition coefficient (Wildman–Crippen LogP) is 1.71. The van der Waals surface area contributed by atoms with E-state index in [0.717, 1.165) is 16.0 Å². The van der Waals surface area contributed by atoms with Crippen molar-refractivity contribution in [3.63, 3.8) is 0 Å². The number of hydrogen-bond donors (Lipinski definition) is 2. The van der Waals surface area contributed by atoms with Crippen molar-refractivity contribution in [3.05, 3.63) is 6.07 Å². The molecule has 0 aliphatic carbocycles. The largest absolute Gasteiger partial charge is 0.395 e. The molecule has 0 aliphatic rings. The van der Waals surface area contributed by atoms with Gasteiger partial charge in [-0.3, -0.25) is 0 Å². The van der Waals surface area contributed by atoms with Gasteiger partial charge < -0.3 is 10.4 Å². The van der Waals surface area contributed by atoms with Crippen LogP contribution in [-0.2, 0) is 0 Å². The molecule has 0 aromatic carbocycles. The van der Waals surface area contributed by atoms with Crippen LogP contribution < -0.4 is 5.32 Å². The van der Waals surface area contributed by atoms with Gasteiger partial charge in [0.2, 0.25) is 0 Å². The third kappa shape index (κ3) is 3.89. The van der Waals surface area contributed by atoms with Gasteiger partial charge in [-0.15, -0.1) is 11.8 Å². The summed E-state index contributed by atoms with van der Waals surface area (Å²) in [6.07, 6.45) is 1.94. The van der Waals surface area contributed by atoms with E-state index in [0.29, 0.717) is 0 Å². The normalized spacial score (nSPS) is 12.5. The topological polar surface area (TPSA) is 58.0 Å². The molecular formula is C9H15N3OS2. The van der Waals surface area contributed by atoms with Crippen LogP contribution in [0.15, 0.2) is 16.2 Å². The van der Waals surface area contributed by atoms with Gasteiger partial charge in [0, 0.05) is 18.4 Å². The van der Waals surface area contributed by atoms with Gasteiger partial charge in [-0.2, -0.15) is 0 Å². The maximum absolute atomic E-state index is 8.96. The fourth-order valence-electron chi connectivity index (χ4n) is 0.927. The standard InChI is InChI=1S/C9H15N3OS2/c1-6(5-13)15-8-4-7(10-2)11-9(12-8)14-3/h4,6,13H,5H2,1-3H3,(H,10,11,12). The monoisotopic (exact) mass is 245 g/mol. The Balaban J connectivity index is 2.86. The lowest BCUT2D eigenvalue weighted by atomic mass is 10.5. The number of nitrogens with zero attached hydrogens (tertiary/aromatic N) is 2. The molecule has 0 bridgehead atoms. The van der Waals surface area contributed by atoms with E-state index in [-0.39, 0.29) is 11.9 Å². The molecular weight excluding hydrogens is 230 g/mol. The van der Waals surface area contributed by atoms with E-state index in [9.17, 15) is 0 Å². The van der Waals surface area contributed by atoms with Crippen LogP contribution in [0.4, 0.5) is 5.82 Å². The van der Waals surface area contributed by atoms with Crippen molar-refractivity contribution in [3.8, 4) is 0 Å². The molecule has 15 heavy (non-hydrogen) atoms. The van der Waals surface area contributed by atoms with E-state index in [1.165, 1.54) is 11.8 Å². The minimum Gasteiger partial charge on any atom is -0.395 e. The molecule has 4 nitrogen and oxygen atoms in total. The lowest BCUT2D eigenvalue weighted by molar-refractivity contribution is 0.300. The van der Waals surface area contributed by atoms with Crippen LogP contribution in [0.2, 0.25) is 0 Å². The Morgan fingerprint density at radius 3 is 2.80 bits per heavy atom. The van der Waals surface area contributed by atoms with Crippen molar-refractivity contribution in [1.29, 1.82) is 0 Å². The summed E-state index contributed by atoms with van der Waals surface area (Å²) in [5, 5.41) is 13.7. The molecule has 0 fully saturated rings. The van der Waals surface area contributed by atoms with Crippen LogP contribution in [0.5, 0.6) is 0 Å². The summed E-state index contributed by atoms with van der Waals surface area (Å²) < 4.78 is 0. The summed E-state index contributed by atoms with van der Waals surface area (Å²) in [5.74, 6) is 0.807. The van der Waals surface area contributed by atoms with Crippen LogP contribution in [0.25, 0.3) is 0 Å². The second-order valence-corrected chi connectivity index (χ2v) is 5.17. The Kier molecular flexibility index (Phi) is 5.21. The number of thioether (sulfide) groups is 2. The first-order valence-electron chi connectivity index (χ1n) is 4.58. The average molecular weight is 245 g/mol. The van der Waals surface area contributed by atoms with Gasteiger partial charge in [-0.25, -0.2) is 9.97 Å². The van der Waals surface area contributed by atoms with E-state index in [2.05, 4.69) is 15.3 Å². The average Bonchev–Trinajstić information content (AvgIpc) is 2.28. The smallest absolute Gasteiger partial charge is 0.190 e. The maximum atomic E-state index is 8.96. The molecule has 2 N–H and O–H groups in total. The highest BCUT2D eigenvalue weighted by atomic mass is 32.2. The number of hydrogen-bond acceptors (Lipinski definition) is 6. The molecule has 1 heterocycles. The molecule has 1 aromatic rings. The molecule has 0 spiro atoms. The first kappa shape index (κ1) is 12.6. The molecule has 1 aromatic heterocycles. The highest BCUT2D eigenvalue weighted by molar-refractivity contribution is 8.00. The summed E-state index contributed by atoms with van der Waals surface area (Å²) in [7, 11) is 1.83. The van der Waals surface area contributed by atoms with E-state index in [4.69, 9.17) is 5.11 Å². The number of nitrogens with one attached hydrogen (secondary N) is 1. The molecule has 6 heteroatoms. The van der Waals surface area contributed by atoms with E-state index in [1.807, 2.05) is 26.3 Å². The second kappa shape index (κ2) is 6.19. The van der Waals surface area contributed by atoms with E-state index in [1.54, 1.807) is 11.8 Å². The van der Waals surface area contributed by atoms with Gasteiger partial charge in [0.05, 0.1) is 6.61 Å². The fourth-order valence-corrected chi connectivity index (χ4v) is 2.17. The van der Waals surface area contributed by atoms with Crippen molar-refractivity contribution < 1.29 is 5.11 Å². The number of aromatic nitrogens is 2. The first-order chi connectivity index (χ1) is 7.19. The van der Waals surface area contributed by atoms with Crippen LogP contribution in [0.1, 0.15) is 6.92 Å². The number of aliphatic hydroxyl groups excluding tert-OH is 1. The van der Waals surface area contributed by atoms with E-state index < -0.39 is 0 Å². The summed E-state index contributed by atoms with van der Waals surface area (Å²) in [5.41, 5.74) is 0. The minimum atomic E-state index is 0.151. The van der Waals surface area contributed by atoms with Crippen molar-refractivity contribution in [2.24, 2.45) is 0 Å². The van der Waals surface area contributed by atoms with E-state index >= 15 is 0 Å². The highest BCUT2D eigenvalue weighted by Gasteiger charge is 2.07. The fraction of sp³-hybridized carbons (Fsp3) is 0.556. The molecule has 0 amide bonds. The Bertz CT molecular complexity index is 300. The number of anilines is 1. The zero-order valence-corrected chi connectivity index (χ0v) is 10.7. The van der Waals surface area contributed by atoms with Gasteiger partial charge in [0.25, 0.3) is 0 Å². The van der Waals surface area contributed by atoms with Gasteiger partial charge in [0.15, 0.2) is 5.16 Å². The predicted molar refractivity (Wildman–Crippen MR) is 65.8 cm³/mol. The van der Waals surface area contributed by atoms with Gasteiger partial charge >= 0.3 is 0 Å². The minimum absolute atomic E-state index is 0.151. The van der Waals surface area contributed by atoms with Crippen molar-refractivity contribution in [1.82, 2.24) is 9.97 Å². The van der Waals surface area contributed by atoms with Crippen molar-refractivity contribution >= 4 is 29.3 Å². The summed E-state index contributed by atoms with van der Waals surface area (Å²) >= 11 is 3.06. The Morgan fingerprint density at radius 1 is 1.53 bits per heavy atom. The zero-order valence-electron chi connectivity index (χ0n) is 9.02. The second-order valence-electron chi connectivity index (χ2n) is 2.94.